The van der Waals surface area contributed by atoms with Crippen molar-refractivity contribution < 1.29 is 4.74 Å². The first-order valence-electron chi connectivity index (χ1n) is 6.41. The lowest BCUT2D eigenvalue weighted by atomic mass is 10.2. The zero-order valence-corrected chi connectivity index (χ0v) is 10.9. The van der Waals surface area contributed by atoms with Crippen molar-refractivity contribution in [3.05, 3.63) is 11.9 Å². The highest BCUT2D eigenvalue weighted by atomic mass is 16.5. The molecule has 0 bridgehead atoms. The summed E-state index contributed by atoms with van der Waals surface area (Å²) in [6.07, 6.45) is 2.60. The van der Waals surface area contributed by atoms with Gasteiger partial charge in [-0.2, -0.15) is 0 Å². The molecule has 2 rings (SSSR count). The van der Waals surface area contributed by atoms with Crippen molar-refractivity contribution in [1.82, 2.24) is 9.97 Å². The smallest absolute Gasteiger partial charge is 0.158 e. The van der Waals surface area contributed by atoms with Crippen molar-refractivity contribution in [3.8, 4) is 0 Å². The molecule has 1 saturated carbocycles. The molecule has 6 nitrogen and oxygen atoms in total. The number of hydrogen-bond donors (Lipinski definition) is 3. The van der Waals surface area contributed by atoms with Crippen LogP contribution in [-0.4, -0.2) is 22.6 Å². The van der Waals surface area contributed by atoms with Gasteiger partial charge in [-0.15, -0.1) is 0 Å². The van der Waals surface area contributed by atoms with Crippen LogP contribution in [0, 0.1) is 5.92 Å². The third-order valence-corrected chi connectivity index (χ3v) is 3.06. The zero-order valence-electron chi connectivity index (χ0n) is 10.9. The molecule has 1 aromatic rings. The lowest BCUT2D eigenvalue weighted by Crippen LogP contribution is -2.20. The highest BCUT2D eigenvalue weighted by Gasteiger charge is 2.28. The number of nitrogen functional groups attached to an aromatic ring is 1. The summed E-state index contributed by atoms with van der Waals surface area (Å²) in [6.45, 7) is 5.17. The van der Waals surface area contributed by atoms with E-state index < -0.39 is 0 Å². The fraction of sp³-hybridized carbons (Fsp3) is 0.667. The van der Waals surface area contributed by atoms with Crippen molar-refractivity contribution in [2.24, 2.45) is 11.8 Å². The standard InChI is InChI=1S/C12H21N5O/c1-3-18-7-12-15-10(6-11(16-12)17-13)14-8(2)9-4-5-9/h6,8-9H,3-5,7,13H2,1-2H3,(H2,14,15,16,17). The van der Waals surface area contributed by atoms with Gasteiger partial charge in [-0.05, 0) is 32.6 Å². The molecule has 0 spiro atoms. The summed E-state index contributed by atoms with van der Waals surface area (Å²) in [5, 5.41) is 3.39. The minimum absolute atomic E-state index is 0.401. The maximum absolute atomic E-state index is 5.41. The van der Waals surface area contributed by atoms with Gasteiger partial charge < -0.3 is 15.5 Å². The molecule has 100 valence electrons. The highest BCUT2D eigenvalue weighted by molar-refractivity contribution is 5.47. The SMILES string of the molecule is CCOCc1nc(NN)cc(NC(C)C2CC2)n1. The van der Waals surface area contributed by atoms with Gasteiger partial charge in [-0.25, -0.2) is 15.8 Å². The van der Waals surface area contributed by atoms with Crippen LogP contribution >= 0.6 is 0 Å². The van der Waals surface area contributed by atoms with Crippen LogP contribution in [0.25, 0.3) is 0 Å². The Morgan fingerprint density at radius 2 is 2.17 bits per heavy atom. The molecule has 1 atom stereocenters. The molecule has 1 fully saturated rings. The van der Waals surface area contributed by atoms with E-state index in [1.807, 2.05) is 13.0 Å². The largest absolute Gasteiger partial charge is 0.374 e. The van der Waals surface area contributed by atoms with Crippen molar-refractivity contribution >= 4 is 11.6 Å². The van der Waals surface area contributed by atoms with Gasteiger partial charge in [0.25, 0.3) is 0 Å². The second-order valence-corrected chi connectivity index (χ2v) is 4.61. The minimum Gasteiger partial charge on any atom is -0.374 e. The maximum atomic E-state index is 5.41. The van der Waals surface area contributed by atoms with E-state index in [4.69, 9.17) is 10.6 Å². The normalized spacial score (nSPS) is 16.4. The summed E-state index contributed by atoms with van der Waals surface area (Å²) in [6, 6.07) is 2.25. The average molecular weight is 251 g/mol. The van der Waals surface area contributed by atoms with Crippen LogP contribution in [0.15, 0.2) is 6.07 Å². The van der Waals surface area contributed by atoms with E-state index in [2.05, 4.69) is 27.6 Å². The predicted octanol–water partition coefficient (Wildman–Crippen LogP) is 1.51. The van der Waals surface area contributed by atoms with Gasteiger partial charge >= 0.3 is 0 Å². The lowest BCUT2D eigenvalue weighted by Gasteiger charge is -2.15. The van der Waals surface area contributed by atoms with Crippen LogP contribution in [0.1, 0.15) is 32.5 Å². The molecule has 0 aromatic carbocycles. The average Bonchev–Trinajstić information content (AvgIpc) is 3.20. The number of ether oxygens (including phenoxy) is 1. The molecular formula is C12H21N5O. The van der Waals surface area contributed by atoms with Gasteiger partial charge in [0.1, 0.15) is 18.2 Å². The monoisotopic (exact) mass is 251 g/mol. The van der Waals surface area contributed by atoms with Crippen LogP contribution in [0.4, 0.5) is 11.6 Å². The summed E-state index contributed by atoms with van der Waals surface area (Å²) in [5.41, 5.74) is 2.56. The van der Waals surface area contributed by atoms with Gasteiger partial charge in [0.05, 0.1) is 0 Å². The van der Waals surface area contributed by atoms with Gasteiger partial charge in [-0.1, -0.05) is 0 Å². The minimum atomic E-state index is 0.401. The Hall–Kier alpha value is -1.40. The van der Waals surface area contributed by atoms with Gasteiger partial charge in [0.2, 0.25) is 0 Å². The first kappa shape index (κ1) is 13.0. The summed E-state index contributed by atoms with van der Waals surface area (Å²) in [7, 11) is 0. The molecule has 1 aliphatic carbocycles. The number of rotatable bonds is 7. The third-order valence-electron chi connectivity index (χ3n) is 3.06. The zero-order chi connectivity index (χ0) is 13.0. The van der Waals surface area contributed by atoms with E-state index in [9.17, 15) is 0 Å². The van der Waals surface area contributed by atoms with E-state index in [0.29, 0.717) is 30.9 Å². The summed E-state index contributed by atoms with van der Waals surface area (Å²) in [5.74, 6) is 8.22. The molecule has 6 heteroatoms. The quantitative estimate of drug-likeness (QED) is 0.503. The maximum Gasteiger partial charge on any atom is 0.158 e. The highest BCUT2D eigenvalue weighted by Crippen LogP contribution is 2.33. The number of hydrogen-bond acceptors (Lipinski definition) is 6. The number of anilines is 2. The molecule has 1 aliphatic rings. The predicted molar refractivity (Wildman–Crippen MR) is 71.0 cm³/mol. The number of hydrazine groups is 1. The van der Waals surface area contributed by atoms with Crippen LogP contribution in [0.5, 0.6) is 0 Å². The van der Waals surface area contributed by atoms with Crippen molar-refractivity contribution in [2.45, 2.75) is 39.3 Å². The molecular weight excluding hydrogens is 230 g/mol. The fourth-order valence-corrected chi connectivity index (χ4v) is 1.85. The molecule has 0 saturated heterocycles. The van der Waals surface area contributed by atoms with Crippen LogP contribution in [0.2, 0.25) is 0 Å². The fourth-order valence-electron chi connectivity index (χ4n) is 1.85. The third kappa shape index (κ3) is 3.54. The first-order chi connectivity index (χ1) is 8.72. The Bertz CT molecular complexity index is 394. The molecule has 4 N–H and O–H groups in total. The molecule has 0 radical (unpaired) electrons. The van der Waals surface area contributed by atoms with E-state index in [0.717, 1.165) is 11.7 Å². The van der Waals surface area contributed by atoms with Gasteiger partial charge in [-0.3, -0.25) is 0 Å². The van der Waals surface area contributed by atoms with Crippen LogP contribution in [-0.2, 0) is 11.3 Å². The van der Waals surface area contributed by atoms with Crippen molar-refractivity contribution in [2.75, 3.05) is 17.3 Å². The Balaban J connectivity index is 2.06. The Labute approximate surface area is 107 Å². The van der Waals surface area contributed by atoms with E-state index in [1.54, 1.807) is 0 Å². The van der Waals surface area contributed by atoms with Crippen LogP contribution < -0.4 is 16.6 Å². The number of nitrogens with one attached hydrogen (secondary N) is 2. The molecule has 1 unspecified atom stereocenters. The summed E-state index contributed by atoms with van der Waals surface area (Å²) in [4.78, 5) is 8.67. The second kappa shape index (κ2) is 5.97. The van der Waals surface area contributed by atoms with Crippen molar-refractivity contribution in [3.63, 3.8) is 0 Å². The Kier molecular flexibility index (Phi) is 4.33. The topological polar surface area (TPSA) is 85.1 Å². The number of aromatic nitrogens is 2. The van der Waals surface area contributed by atoms with Gasteiger partial charge in [0, 0.05) is 18.7 Å². The molecule has 0 amide bonds. The molecule has 18 heavy (non-hydrogen) atoms. The Morgan fingerprint density at radius 1 is 1.44 bits per heavy atom. The molecule has 1 aromatic heterocycles. The molecule has 1 heterocycles. The Morgan fingerprint density at radius 3 is 2.78 bits per heavy atom. The second-order valence-electron chi connectivity index (χ2n) is 4.61. The van der Waals surface area contributed by atoms with E-state index >= 15 is 0 Å². The summed E-state index contributed by atoms with van der Waals surface area (Å²) < 4.78 is 5.32. The summed E-state index contributed by atoms with van der Waals surface area (Å²) >= 11 is 0. The lowest BCUT2D eigenvalue weighted by molar-refractivity contribution is 0.128. The molecule has 0 aliphatic heterocycles. The van der Waals surface area contributed by atoms with Gasteiger partial charge in [0.15, 0.2) is 5.82 Å². The van der Waals surface area contributed by atoms with E-state index in [-0.39, 0.29) is 0 Å². The van der Waals surface area contributed by atoms with Crippen molar-refractivity contribution in [1.29, 1.82) is 0 Å². The number of nitrogens with zero attached hydrogens (tertiary/aromatic N) is 2. The number of nitrogens with two attached hydrogens (primary N) is 1. The first-order valence-corrected chi connectivity index (χ1v) is 6.41. The van der Waals surface area contributed by atoms with Crippen LogP contribution in [0.3, 0.4) is 0 Å². The van der Waals surface area contributed by atoms with E-state index in [1.165, 1.54) is 12.8 Å².